The van der Waals surface area contributed by atoms with Crippen LogP contribution in [0.2, 0.25) is 0 Å². The molecule has 10 heteroatoms. The second-order valence-electron chi connectivity index (χ2n) is 8.01. The number of ether oxygens (including phenoxy) is 2. The van der Waals surface area contributed by atoms with Crippen molar-refractivity contribution in [2.75, 3.05) is 51.1 Å². The standard InChI is InChI=1S/C24H26N6O3S/c1-16-25-23-18-13-20(32-2)21(33-3)14-19(18)26-24(30(23)27-16)34-15-22(31)29-11-9-28(10-12-29)17-7-5-4-6-8-17/h4-8,13-14H,9-12,15H2,1-3H3. The van der Waals surface area contributed by atoms with Crippen LogP contribution in [0.25, 0.3) is 16.6 Å². The molecule has 1 aliphatic rings. The van der Waals surface area contributed by atoms with Crippen molar-refractivity contribution in [2.24, 2.45) is 0 Å². The predicted molar refractivity (Wildman–Crippen MR) is 132 cm³/mol. The maximum absolute atomic E-state index is 13.0. The summed E-state index contributed by atoms with van der Waals surface area (Å²) in [5, 5.41) is 5.94. The SMILES string of the molecule is COc1cc2nc(SCC(=O)N3CCN(c4ccccc4)CC3)n3nc(C)nc3c2cc1OC. The van der Waals surface area contributed by atoms with Crippen molar-refractivity contribution in [1.82, 2.24) is 24.5 Å². The van der Waals surface area contributed by atoms with Crippen LogP contribution in [0.15, 0.2) is 47.6 Å². The van der Waals surface area contributed by atoms with Crippen LogP contribution in [-0.2, 0) is 4.79 Å². The Morgan fingerprint density at radius 1 is 1.00 bits per heavy atom. The molecule has 4 aromatic rings. The number of nitrogens with zero attached hydrogens (tertiary/aromatic N) is 6. The summed E-state index contributed by atoms with van der Waals surface area (Å²) in [5.41, 5.74) is 2.58. The smallest absolute Gasteiger partial charge is 0.233 e. The molecule has 3 heterocycles. The van der Waals surface area contributed by atoms with Gasteiger partial charge in [0.2, 0.25) is 5.91 Å². The zero-order chi connectivity index (χ0) is 23.7. The largest absolute Gasteiger partial charge is 0.493 e. The molecular weight excluding hydrogens is 452 g/mol. The molecule has 1 fully saturated rings. The van der Waals surface area contributed by atoms with Crippen molar-refractivity contribution in [1.29, 1.82) is 0 Å². The van der Waals surface area contributed by atoms with Gasteiger partial charge in [-0.25, -0.2) is 9.97 Å². The summed E-state index contributed by atoms with van der Waals surface area (Å²) in [6.07, 6.45) is 0. The van der Waals surface area contributed by atoms with Gasteiger partial charge in [-0.05, 0) is 25.1 Å². The van der Waals surface area contributed by atoms with Crippen molar-refractivity contribution in [3.63, 3.8) is 0 Å². The van der Waals surface area contributed by atoms with Crippen molar-refractivity contribution < 1.29 is 14.3 Å². The number of piperazine rings is 1. The van der Waals surface area contributed by atoms with Gasteiger partial charge in [0.15, 0.2) is 22.3 Å². The topological polar surface area (TPSA) is 85.1 Å². The normalized spacial score (nSPS) is 14.1. The molecule has 0 atom stereocenters. The van der Waals surface area contributed by atoms with Crippen LogP contribution in [0, 0.1) is 6.92 Å². The zero-order valence-corrected chi connectivity index (χ0v) is 20.2. The fourth-order valence-corrected chi connectivity index (χ4v) is 5.02. The van der Waals surface area contributed by atoms with E-state index in [2.05, 4.69) is 27.1 Å². The Balaban J connectivity index is 1.34. The fourth-order valence-electron chi connectivity index (χ4n) is 4.18. The summed E-state index contributed by atoms with van der Waals surface area (Å²) in [6, 6.07) is 14.0. The molecule has 0 spiro atoms. The second kappa shape index (κ2) is 9.38. The van der Waals surface area contributed by atoms with Gasteiger partial charge < -0.3 is 19.3 Å². The highest BCUT2D eigenvalue weighted by atomic mass is 32.2. The minimum Gasteiger partial charge on any atom is -0.493 e. The Labute approximate surface area is 201 Å². The lowest BCUT2D eigenvalue weighted by Gasteiger charge is -2.36. The van der Waals surface area contributed by atoms with Gasteiger partial charge in [0.1, 0.15) is 5.82 Å². The van der Waals surface area contributed by atoms with E-state index >= 15 is 0 Å². The monoisotopic (exact) mass is 478 g/mol. The van der Waals surface area contributed by atoms with Gasteiger partial charge >= 0.3 is 0 Å². The van der Waals surface area contributed by atoms with E-state index in [4.69, 9.17) is 14.5 Å². The lowest BCUT2D eigenvalue weighted by atomic mass is 10.2. The van der Waals surface area contributed by atoms with Gasteiger partial charge in [-0.15, -0.1) is 5.10 Å². The van der Waals surface area contributed by atoms with E-state index in [0.717, 1.165) is 18.5 Å². The zero-order valence-electron chi connectivity index (χ0n) is 19.4. The third kappa shape index (κ3) is 4.21. The number of fused-ring (bicyclic) bond motifs is 3. The number of para-hydroxylation sites is 1. The highest BCUT2D eigenvalue weighted by Crippen LogP contribution is 2.34. The Bertz CT molecular complexity index is 1340. The number of aryl methyl sites for hydroxylation is 1. The summed E-state index contributed by atoms with van der Waals surface area (Å²) in [7, 11) is 3.19. The minimum atomic E-state index is 0.0944. The third-order valence-corrected chi connectivity index (χ3v) is 6.85. The number of methoxy groups -OCH3 is 2. The van der Waals surface area contributed by atoms with E-state index in [0.29, 0.717) is 46.7 Å². The Morgan fingerprint density at radius 3 is 2.41 bits per heavy atom. The van der Waals surface area contributed by atoms with Crippen LogP contribution in [0.5, 0.6) is 11.5 Å². The van der Waals surface area contributed by atoms with Crippen LogP contribution in [0.4, 0.5) is 5.69 Å². The number of carbonyl (C=O) groups excluding carboxylic acids is 1. The molecule has 0 unspecified atom stereocenters. The Kier molecular flexibility index (Phi) is 6.14. The molecule has 9 nitrogen and oxygen atoms in total. The lowest BCUT2D eigenvalue weighted by Crippen LogP contribution is -2.49. The fraction of sp³-hybridized carbons (Fsp3) is 0.333. The van der Waals surface area contributed by atoms with E-state index < -0.39 is 0 Å². The number of benzene rings is 2. The maximum atomic E-state index is 13.0. The molecule has 0 radical (unpaired) electrons. The molecule has 0 bridgehead atoms. The lowest BCUT2D eigenvalue weighted by molar-refractivity contribution is -0.128. The van der Waals surface area contributed by atoms with E-state index in [1.807, 2.05) is 42.2 Å². The average Bonchev–Trinajstić information content (AvgIpc) is 3.28. The van der Waals surface area contributed by atoms with Gasteiger partial charge in [-0.3, -0.25) is 4.79 Å². The number of thioether (sulfide) groups is 1. The molecule has 0 N–H and O–H groups in total. The predicted octanol–water partition coefficient (Wildman–Crippen LogP) is 3.04. The maximum Gasteiger partial charge on any atom is 0.233 e. The summed E-state index contributed by atoms with van der Waals surface area (Å²) >= 11 is 1.37. The highest BCUT2D eigenvalue weighted by Gasteiger charge is 2.23. The quantitative estimate of drug-likeness (QED) is 0.309. The summed E-state index contributed by atoms with van der Waals surface area (Å²) in [5.74, 6) is 2.20. The molecule has 34 heavy (non-hydrogen) atoms. The van der Waals surface area contributed by atoms with Crippen LogP contribution >= 0.6 is 11.8 Å². The van der Waals surface area contributed by atoms with Crippen molar-refractivity contribution in [3.05, 3.63) is 48.3 Å². The number of anilines is 1. The Hall–Kier alpha value is -3.53. The third-order valence-electron chi connectivity index (χ3n) is 5.93. The number of hydrogen-bond donors (Lipinski definition) is 0. The van der Waals surface area contributed by atoms with E-state index in [1.54, 1.807) is 18.7 Å². The first-order chi connectivity index (χ1) is 16.6. The first kappa shape index (κ1) is 22.3. The minimum absolute atomic E-state index is 0.0944. The molecule has 0 saturated carbocycles. The van der Waals surface area contributed by atoms with Gasteiger partial charge in [0.05, 0.1) is 25.5 Å². The first-order valence-corrected chi connectivity index (χ1v) is 12.1. The molecular formula is C24H26N6O3S. The summed E-state index contributed by atoms with van der Waals surface area (Å²) in [6.45, 7) is 4.89. The van der Waals surface area contributed by atoms with E-state index in [9.17, 15) is 4.79 Å². The number of rotatable bonds is 6. The van der Waals surface area contributed by atoms with E-state index in [-0.39, 0.29) is 11.7 Å². The van der Waals surface area contributed by atoms with Crippen molar-refractivity contribution >= 4 is 39.9 Å². The Morgan fingerprint density at radius 2 is 1.71 bits per heavy atom. The summed E-state index contributed by atoms with van der Waals surface area (Å²) in [4.78, 5) is 26.6. The molecule has 0 aliphatic carbocycles. The molecule has 176 valence electrons. The first-order valence-electron chi connectivity index (χ1n) is 11.1. The average molecular weight is 479 g/mol. The van der Waals surface area contributed by atoms with E-state index in [1.165, 1.54) is 17.4 Å². The van der Waals surface area contributed by atoms with Crippen molar-refractivity contribution in [2.45, 2.75) is 12.1 Å². The van der Waals surface area contributed by atoms with Gasteiger partial charge in [-0.2, -0.15) is 4.52 Å². The van der Waals surface area contributed by atoms with Gasteiger partial charge in [0.25, 0.3) is 0 Å². The van der Waals surface area contributed by atoms with Crippen molar-refractivity contribution in [3.8, 4) is 11.5 Å². The number of carbonyl (C=O) groups is 1. The molecule has 2 aromatic carbocycles. The van der Waals surface area contributed by atoms with Gasteiger partial charge in [0, 0.05) is 43.3 Å². The molecule has 2 aromatic heterocycles. The van der Waals surface area contributed by atoms with Crippen LogP contribution in [0.3, 0.4) is 0 Å². The summed E-state index contributed by atoms with van der Waals surface area (Å²) < 4.78 is 12.6. The van der Waals surface area contributed by atoms with Crippen LogP contribution < -0.4 is 14.4 Å². The highest BCUT2D eigenvalue weighted by molar-refractivity contribution is 7.99. The van der Waals surface area contributed by atoms with Crippen LogP contribution in [0.1, 0.15) is 5.82 Å². The molecule has 1 aliphatic heterocycles. The van der Waals surface area contributed by atoms with Crippen LogP contribution in [-0.4, -0.2) is 76.5 Å². The van der Waals surface area contributed by atoms with Gasteiger partial charge in [-0.1, -0.05) is 30.0 Å². The second-order valence-corrected chi connectivity index (χ2v) is 8.95. The number of hydrogen-bond acceptors (Lipinski definition) is 8. The number of aromatic nitrogens is 4. The molecule has 1 saturated heterocycles. The molecule has 5 rings (SSSR count). The number of amides is 1. The molecule has 1 amide bonds.